The lowest BCUT2D eigenvalue weighted by Gasteiger charge is -2.35. The number of likely N-dealkylation sites (N-methyl/N-ethyl adjacent to an activating group) is 1. The van der Waals surface area contributed by atoms with Crippen molar-refractivity contribution in [1.82, 2.24) is 18.9 Å². The molecular weight excluding hydrogens is 546 g/mol. The Morgan fingerprint density at radius 3 is 2.54 bits per heavy atom. The van der Waals surface area contributed by atoms with Gasteiger partial charge in [-0.3, -0.25) is 10.1 Å². The highest BCUT2D eigenvalue weighted by Crippen LogP contribution is 2.42. The van der Waals surface area contributed by atoms with Crippen molar-refractivity contribution in [1.29, 1.82) is 5.26 Å². The number of hydrogen-bond donors (Lipinski definition) is 0. The van der Waals surface area contributed by atoms with E-state index in [2.05, 4.69) is 16.2 Å². The van der Waals surface area contributed by atoms with E-state index in [9.17, 15) is 23.8 Å². The molecule has 13 heteroatoms. The molecule has 0 aliphatic carbocycles. The van der Waals surface area contributed by atoms with Gasteiger partial charge < -0.3 is 9.64 Å². The van der Waals surface area contributed by atoms with Crippen LogP contribution in [0.4, 0.5) is 11.5 Å². The fourth-order valence-electron chi connectivity index (χ4n) is 5.44. The minimum Gasteiger partial charge on any atom is -0.377 e. The summed E-state index contributed by atoms with van der Waals surface area (Å²) in [5, 5.41) is 26.4. The third-order valence-electron chi connectivity index (χ3n) is 7.71. The fraction of sp³-hybridized carbons (Fsp3) is 0.321. The Hall–Kier alpha value is -4.38. The van der Waals surface area contributed by atoms with Gasteiger partial charge in [0.15, 0.2) is 16.4 Å². The Morgan fingerprint density at radius 2 is 1.88 bits per heavy atom. The van der Waals surface area contributed by atoms with Crippen LogP contribution in [0.3, 0.4) is 0 Å². The summed E-state index contributed by atoms with van der Waals surface area (Å²) in [7, 11) is -1.22. The molecule has 0 spiro atoms. The Morgan fingerprint density at radius 1 is 1.20 bits per heavy atom. The van der Waals surface area contributed by atoms with Crippen LogP contribution in [0.5, 0.6) is 0 Å². The molecule has 212 valence electrons. The molecule has 12 nitrogen and oxygen atoms in total. The van der Waals surface area contributed by atoms with Crippen LogP contribution >= 0.6 is 0 Å². The molecule has 5 rings (SSSR count). The molecule has 1 aliphatic rings. The van der Waals surface area contributed by atoms with Crippen LogP contribution in [0.25, 0.3) is 16.8 Å². The molecule has 4 aromatic rings. The fourth-order valence-corrected chi connectivity index (χ4v) is 7.13. The van der Waals surface area contributed by atoms with E-state index >= 15 is 0 Å². The van der Waals surface area contributed by atoms with Crippen molar-refractivity contribution in [2.45, 2.75) is 37.3 Å². The number of nitro benzene ring substituents is 1. The molecule has 2 aromatic carbocycles. The number of nitriles is 1. The van der Waals surface area contributed by atoms with E-state index in [1.165, 1.54) is 42.7 Å². The van der Waals surface area contributed by atoms with Crippen molar-refractivity contribution in [3.8, 4) is 17.2 Å². The van der Waals surface area contributed by atoms with E-state index < -0.39 is 26.2 Å². The van der Waals surface area contributed by atoms with Crippen molar-refractivity contribution in [3.05, 3.63) is 81.7 Å². The molecule has 1 saturated heterocycles. The molecule has 0 bridgehead atoms. The second-order valence-electron chi connectivity index (χ2n) is 10.2. The summed E-state index contributed by atoms with van der Waals surface area (Å²) in [5.41, 5.74) is 1.78. The normalized spacial score (nSPS) is 17.3. The van der Waals surface area contributed by atoms with Crippen molar-refractivity contribution in [3.63, 3.8) is 0 Å². The van der Waals surface area contributed by atoms with Gasteiger partial charge in [-0.1, -0.05) is 42.5 Å². The van der Waals surface area contributed by atoms with Gasteiger partial charge in [-0.05, 0) is 37.5 Å². The maximum Gasteiger partial charge on any atom is 0.289 e. The summed E-state index contributed by atoms with van der Waals surface area (Å²) >= 11 is 0. The van der Waals surface area contributed by atoms with Gasteiger partial charge in [-0.2, -0.15) is 14.1 Å². The monoisotopic (exact) mass is 575 g/mol. The summed E-state index contributed by atoms with van der Waals surface area (Å²) in [6.07, 6.45) is 0.442. The van der Waals surface area contributed by atoms with Gasteiger partial charge in [-0.15, -0.1) is 5.10 Å². The van der Waals surface area contributed by atoms with Gasteiger partial charge in [0.2, 0.25) is 10.0 Å². The molecule has 1 fully saturated rings. The largest absolute Gasteiger partial charge is 0.377 e. The van der Waals surface area contributed by atoms with E-state index in [4.69, 9.17) is 4.74 Å². The number of aromatic nitrogens is 3. The van der Waals surface area contributed by atoms with E-state index in [1.54, 1.807) is 4.52 Å². The molecule has 2 aromatic heterocycles. The maximum atomic E-state index is 13.7. The van der Waals surface area contributed by atoms with Crippen molar-refractivity contribution < 1.29 is 18.1 Å². The third-order valence-corrected chi connectivity index (χ3v) is 9.77. The molecule has 41 heavy (non-hydrogen) atoms. The average Bonchev–Trinajstić information content (AvgIpc) is 3.56. The Bertz CT molecular complexity index is 1800. The van der Waals surface area contributed by atoms with E-state index in [1.807, 2.05) is 49.1 Å². The standard InChI is InChI=1S/C28H29N7O5S/c1-19-21(16-29)26-30-24(17-40-4)31-34(26)27(25(19)20-10-6-5-7-11-20)33-15-14-28(2,18-33)32(3)41(38,39)23-13-9-8-12-22(23)35(36)37/h5-13H,14-15,17-18H2,1-4H3/t28-/m0/s1. The van der Waals surface area contributed by atoms with Crippen molar-refractivity contribution >= 4 is 27.2 Å². The summed E-state index contributed by atoms with van der Waals surface area (Å²) < 4.78 is 35.6. The predicted octanol–water partition coefficient (Wildman–Crippen LogP) is 3.92. The second-order valence-corrected chi connectivity index (χ2v) is 12.2. The number of methoxy groups -OCH3 is 1. The Labute approximate surface area is 237 Å². The SMILES string of the molecule is COCc1nc2c(C#N)c(C)c(-c3ccccc3)c(N3CC[C@](C)(N(C)S(=O)(=O)c4ccccc4[N+](=O)[O-])C3)n2n1. The predicted molar refractivity (Wildman–Crippen MR) is 152 cm³/mol. The number of para-hydroxylation sites is 1. The van der Waals surface area contributed by atoms with Crippen LogP contribution in [0.1, 0.15) is 30.3 Å². The number of benzene rings is 2. The molecule has 1 aliphatic heterocycles. The maximum absolute atomic E-state index is 13.7. The number of ether oxygens (including phenoxy) is 1. The first-order valence-corrected chi connectivity index (χ1v) is 14.3. The zero-order valence-electron chi connectivity index (χ0n) is 23.1. The smallest absolute Gasteiger partial charge is 0.289 e. The first-order valence-electron chi connectivity index (χ1n) is 12.9. The van der Waals surface area contributed by atoms with E-state index in [-0.39, 0.29) is 18.0 Å². The van der Waals surface area contributed by atoms with Crippen molar-refractivity contribution in [2.24, 2.45) is 0 Å². The van der Waals surface area contributed by atoms with Crippen molar-refractivity contribution in [2.75, 3.05) is 32.1 Å². The molecule has 0 saturated carbocycles. The molecule has 0 N–H and O–H groups in total. The van der Waals surface area contributed by atoms with Gasteiger partial charge >= 0.3 is 0 Å². The number of fused-ring (bicyclic) bond motifs is 1. The number of sulfonamides is 1. The van der Waals surface area contributed by atoms with E-state index in [0.29, 0.717) is 35.8 Å². The van der Waals surface area contributed by atoms with Crippen LogP contribution < -0.4 is 4.90 Å². The lowest BCUT2D eigenvalue weighted by Crippen LogP contribution is -2.49. The van der Waals surface area contributed by atoms with Crippen LogP contribution in [-0.4, -0.2) is 65.0 Å². The highest BCUT2D eigenvalue weighted by atomic mass is 32.2. The zero-order chi connectivity index (χ0) is 29.5. The Kier molecular flexibility index (Phi) is 7.24. The Balaban J connectivity index is 1.65. The summed E-state index contributed by atoms with van der Waals surface area (Å²) in [6.45, 7) is 4.58. The van der Waals surface area contributed by atoms with Crippen LogP contribution in [-0.2, 0) is 21.4 Å². The number of pyridine rings is 1. The number of anilines is 1. The van der Waals surface area contributed by atoms with Gasteiger partial charge in [0.1, 0.15) is 24.1 Å². The number of nitro groups is 1. The van der Waals surface area contributed by atoms with Gasteiger partial charge in [0.25, 0.3) is 5.69 Å². The molecule has 1 atom stereocenters. The molecule has 0 amide bonds. The minimum atomic E-state index is -4.22. The summed E-state index contributed by atoms with van der Waals surface area (Å²) in [5.74, 6) is 1.09. The van der Waals surface area contributed by atoms with Crippen LogP contribution in [0.15, 0.2) is 59.5 Å². The number of rotatable bonds is 8. The highest BCUT2D eigenvalue weighted by Gasteiger charge is 2.46. The van der Waals surface area contributed by atoms with E-state index in [0.717, 1.165) is 16.7 Å². The molecule has 3 heterocycles. The van der Waals surface area contributed by atoms with Gasteiger partial charge in [0.05, 0.1) is 10.5 Å². The zero-order valence-corrected chi connectivity index (χ0v) is 23.9. The lowest BCUT2D eigenvalue weighted by molar-refractivity contribution is -0.387. The van der Waals surface area contributed by atoms with Gasteiger partial charge in [0, 0.05) is 38.9 Å². The molecule has 0 unspecified atom stereocenters. The number of hydrogen-bond acceptors (Lipinski definition) is 9. The lowest BCUT2D eigenvalue weighted by atomic mass is 9.97. The van der Waals surface area contributed by atoms with Gasteiger partial charge in [-0.25, -0.2) is 13.4 Å². The summed E-state index contributed by atoms with van der Waals surface area (Å²) in [6, 6.07) is 17.3. The van der Waals surface area contributed by atoms with Crippen LogP contribution in [0.2, 0.25) is 0 Å². The third kappa shape index (κ3) is 4.69. The quantitative estimate of drug-likeness (QED) is 0.225. The molecular formula is C28H29N7O5S. The topological polar surface area (TPSA) is 147 Å². The first kappa shape index (κ1) is 28.2. The first-order chi connectivity index (χ1) is 19.5. The molecule has 0 radical (unpaired) electrons. The minimum absolute atomic E-state index is 0.153. The second kappa shape index (κ2) is 10.5. The average molecular weight is 576 g/mol. The highest BCUT2D eigenvalue weighted by molar-refractivity contribution is 7.89. The summed E-state index contributed by atoms with van der Waals surface area (Å²) in [4.78, 5) is 17.2. The van der Waals surface area contributed by atoms with Crippen LogP contribution in [0, 0.1) is 28.4 Å². The number of nitrogens with zero attached hydrogens (tertiary/aromatic N) is 7.